The van der Waals surface area contributed by atoms with E-state index in [1.807, 2.05) is 0 Å². The van der Waals surface area contributed by atoms with Gasteiger partial charge in [-0.15, -0.1) is 0 Å². The van der Waals surface area contributed by atoms with E-state index in [1.165, 1.54) is 18.5 Å². The van der Waals surface area contributed by atoms with Crippen molar-refractivity contribution in [2.45, 2.75) is 25.1 Å². The highest BCUT2D eigenvalue weighted by molar-refractivity contribution is 6.31. The average Bonchev–Trinajstić information content (AvgIpc) is 2.14. The molecule has 1 aromatic rings. The standard InChI is InChI=1S/C9H9ClF3NO/c10-7-5-14-4-2-6(7)8(15)1-3-9(11,12)13/h2,4-5,8,15H,1,3H2. The molecule has 0 bridgehead atoms. The summed E-state index contributed by atoms with van der Waals surface area (Å²) in [5.74, 6) is 0. The molecule has 1 atom stereocenters. The Hall–Kier alpha value is -0.810. The predicted octanol–water partition coefficient (Wildman–Crippen LogP) is 3.11. The first-order valence-electron chi connectivity index (χ1n) is 4.24. The van der Waals surface area contributed by atoms with Crippen LogP contribution in [-0.2, 0) is 0 Å². The van der Waals surface area contributed by atoms with E-state index in [1.54, 1.807) is 0 Å². The lowest BCUT2D eigenvalue weighted by Crippen LogP contribution is -2.10. The zero-order valence-corrected chi connectivity index (χ0v) is 8.39. The zero-order valence-electron chi connectivity index (χ0n) is 7.63. The van der Waals surface area contributed by atoms with Crippen LogP contribution in [0.15, 0.2) is 18.5 Å². The van der Waals surface area contributed by atoms with E-state index in [4.69, 9.17) is 11.6 Å². The molecule has 0 saturated heterocycles. The van der Waals surface area contributed by atoms with Gasteiger partial charge in [0.25, 0.3) is 0 Å². The van der Waals surface area contributed by atoms with E-state index in [9.17, 15) is 18.3 Å². The van der Waals surface area contributed by atoms with Gasteiger partial charge in [0.2, 0.25) is 0 Å². The molecule has 6 heteroatoms. The van der Waals surface area contributed by atoms with Crippen LogP contribution in [0.3, 0.4) is 0 Å². The first-order chi connectivity index (χ1) is 6.90. The average molecular weight is 240 g/mol. The highest BCUT2D eigenvalue weighted by atomic mass is 35.5. The number of halogens is 4. The van der Waals surface area contributed by atoms with Gasteiger partial charge < -0.3 is 5.11 Å². The topological polar surface area (TPSA) is 33.1 Å². The first-order valence-corrected chi connectivity index (χ1v) is 4.62. The summed E-state index contributed by atoms with van der Waals surface area (Å²) in [5.41, 5.74) is 0.274. The number of aliphatic hydroxyl groups is 1. The number of hydrogen-bond acceptors (Lipinski definition) is 2. The van der Waals surface area contributed by atoms with Crippen molar-refractivity contribution in [3.63, 3.8) is 0 Å². The van der Waals surface area contributed by atoms with Gasteiger partial charge in [-0.1, -0.05) is 11.6 Å². The SMILES string of the molecule is OC(CCC(F)(F)F)c1ccncc1Cl. The first kappa shape index (κ1) is 12.3. The lowest BCUT2D eigenvalue weighted by molar-refractivity contribution is -0.140. The largest absolute Gasteiger partial charge is 0.389 e. The molecule has 0 fully saturated rings. The molecule has 0 radical (unpaired) electrons. The van der Waals surface area contributed by atoms with Crippen molar-refractivity contribution in [2.24, 2.45) is 0 Å². The third-order valence-corrected chi connectivity index (χ3v) is 2.18. The molecule has 1 N–H and O–H groups in total. The van der Waals surface area contributed by atoms with Crippen LogP contribution in [0.25, 0.3) is 0 Å². The van der Waals surface area contributed by atoms with Gasteiger partial charge in [0.1, 0.15) is 0 Å². The number of rotatable bonds is 3. The Morgan fingerprint density at radius 3 is 2.67 bits per heavy atom. The van der Waals surface area contributed by atoms with Gasteiger partial charge in [0.05, 0.1) is 11.1 Å². The maximum Gasteiger partial charge on any atom is 0.389 e. The molecule has 1 unspecified atom stereocenters. The molecule has 0 aliphatic heterocycles. The van der Waals surface area contributed by atoms with Gasteiger partial charge in [0, 0.05) is 24.4 Å². The molecule has 2 nitrogen and oxygen atoms in total. The van der Waals surface area contributed by atoms with Crippen LogP contribution in [0.2, 0.25) is 5.02 Å². The molecule has 1 rings (SSSR count). The molecule has 1 aromatic heterocycles. The number of aromatic nitrogens is 1. The maximum absolute atomic E-state index is 11.9. The van der Waals surface area contributed by atoms with E-state index in [0.717, 1.165) is 0 Å². The van der Waals surface area contributed by atoms with Crippen LogP contribution in [0, 0.1) is 0 Å². The second-order valence-electron chi connectivity index (χ2n) is 3.07. The van der Waals surface area contributed by atoms with E-state index >= 15 is 0 Å². The fraction of sp³-hybridized carbons (Fsp3) is 0.444. The number of nitrogens with zero attached hydrogens (tertiary/aromatic N) is 1. The lowest BCUT2D eigenvalue weighted by atomic mass is 10.1. The Morgan fingerprint density at radius 2 is 2.13 bits per heavy atom. The van der Waals surface area contributed by atoms with E-state index in [2.05, 4.69) is 4.98 Å². The summed E-state index contributed by atoms with van der Waals surface area (Å²) in [6.45, 7) is 0. The number of pyridine rings is 1. The van der Waals surface area contributed by atoms with Gasteiger partial charge in [0.15, 0.2) is 0 Å². The number of hydrogen-bond donors (Lipinski definition) is 1. The summed E-state index contributed by atoms with van der Waals surface area (Å²) in [6, 6.07) is 1.41. The summed E-state index contributed by atoms with van der Waals surface area (Å²) in [6.07, 6.45) is -4.24. The number of alkyl halides is 3. The van der Waals surface area contributed by atoms with Gasteiger partial charge in [-0.3, -0.25) is 4.98 Å². The van der Waals surface area contributed by atoms with Crippen molar-refractivity contribution in [1.29, 1.82) is 0 Å². The van der Waals surface area contributed by atoms with Crippen molar-refractivity contribution in [3.05, 3.63) is 29.0 Å². The fourth-order valence-corrected chi connectivity index (χ4v) is 1.36. The Bertz CT molecular complexity index is 329. The van der Waals surface area contributed by atoms with Crippen molar-refractivity contribution in [2.75, 3.05) is 0 Å². The van der Waals surface area contributed by atoms with Crippen LogP contribution in [0.1, 0.15) is 24.5 Å². The molecule has 0 spiro atoms. The zero-order chi connectivity index (χ0) is 11.5. The van der Waals surface area contributed by atoms with Crippen molar-refractivity contribution < 1.29 is 18.3 Å². The molecule has 1 heterocycles. The summed E-state index contributed by atoms with van der Waals surface area (Å²) >= 11 is 5.67. The van der Waals surface area contributed by atoms with Crippen molar-refractivity contribution in [1.82, 2.24) is 4.98 Å². The Morgan fingerprint density at radius 1 is 1.47 bits per heavy atom. The van der Waals surface area contributed by atoms with Gasteiger partial charge in [-0.25, -0.2) is 0 Å². The molecule has 0 aromatic carbocycles. The summed E-state index contributed by atoms with van der Waals surface area (Å²) in [7, 11) is 0. The Kier molecular flexibility index (Phi) is 3.93. The normalized spacial score (nSPS) is 13.9. The minimum Gasteiger partial charge on any atom is -0.388 e. The third kappa shape index (κ3) is 4.05. The molecule has 0 aliphatic rings. The molecule has 84 valence electrons. The van der Waals surface area contributed by atoms with Crippen LogP contribution in [0.5, 0.6) is 0 Å². The van der Waals surface area contributed by atoms with Crippen molar-refractivity contribution >= 4 is 11.6 Å². The van der Waals surface area contributed by atoms with E-state index in [-0.39, 0.29) is 10.6 Å². The van der Waals surface area contributed by atoms with Crippen LogP contribution in [0.4, 0.5) is 13.2 Å². The lowest BCUT2D eigenvalue weighted by Gasteiger charge is -2.13. The van der Waals surface area contributed by atoms with Gasteiger partial charge in [-0.2, -0.15) is 13.2 Å². The third-order valence-electron chi connectivity index (χ3n) is 1.86. The van der Waals surface area contributed by atoms with Gasteiger partial charge >= 0.3 is 6.18 Å². The Balaban J connectivity index is 2.62. The van der Waals surface area contributed by atoms with Gasteiger partial charge in [-0.05, 0) is 12.5 Å². The molecule has 0 amide bonds. The summed E-state index contributed by atoms with van der Waals surface area (Å²) in [4.78, 5) is 3.67. The van der Waals surface area contributed by atoms with Crippen molar-refractivity contribution in [3.8, 4) is 0 Å². The van der Waals surface area contributed by atoms with Crippen LogP contribution < -0.4 is 0 Å². The second-order valence-corrected chi connectivity index (χ2v) is 3.47. The second kappa shape index (κ2) is 4.81. The fourth-order valence-electron chi connectivity index (χ4n) is 1.11. The highest BCUT2D eigenvalue weighted by Gasteiger charge is 2.28. The number of aliphatic hydroxyl groups excluding tert-OH is 1. The minimum absolute atomic E-state index is 0.173. The molecular weight excluding hydrogens is 231 g/mol. The molecule has 15 heavy (non-hydrogen) atoms. The molecule has 0 saturated carbocycles. The smallest absolute Gasteiger partial charge is 0.388 e. The quantitative estimate of drug-likeness (QED) is 0.879. The maximum atomic E-state index is 11.9. The summed E-state index contributed by atoms with van der Waals surface area (Å²) < 4.78 is 35.6. The van der Waals surface area contributed by atoms with E-state index in [0.29, 0.717) is 0 Å². The monoisotopic (exact) mass is 239 g/mol. The van der Waals surface area contributed by atoms with E-state index < -0.39 is 25.1 Å². The predicted molar refractivity (Wildman–Crippen MR) is 49.5 cm³/mol. The van der Waals surface area contributed by atoms with Crippen LogP contribution >= 0.6 is 11.6 Å². The summed E-state index contributed by atoms with van der Waals surface area (Å²) in [5, 5.41) is 9.63. The minimum atomic E-state index is -4.26. The molecule has 0 aliphatic carbocycles. The Labute approximate surface area is 89.7 Å². The highest BCUT2D eigenvalue weighted by Crippen LogP contribution is 2.30. The molecular formula is C9H9ClF3NO. The van der Waals surface area contributed by atoms with Crippen LogP contribution in [-0.4, -0.2) is 16.3 Å².